The van der Waals surface area contributed by atoms with E-state index in [1.807, 2.05) is 24.3 Å². The van der Waals surface area contributed by atoms with E-state index < -0.39 is 11.6 Å². The van der Waals surface area contributed by atoms with E-state index in [4.69, 9.17) is 4.74 Å². The van der Waals surface area contributed by atoms with Crippen molar-refractivity contribution in [3.63, 3.8) is 0 Å². The first-order chi connectivity index (χ1) is 17.0. The van der Waals surface area contributed by atoms with Gasteiger partial charge in [-0.2, -0.15) is 4.91 Å². The van der Waals surface area contributed by atoms with Crippen molar-refractivity contribution < 1.29 is 13.5 Å². The molecule has 11 heteroatoms. The Morgan fingerprint density at radius 3 is 2.66 bits per heavy atom. The summed E-state index contributed by atoms with van der Waals surface area (Å²) in [6, 6.07) is 10.2. The van der Waals surface area contributed by atoms with Crippen LogP contribution < -0.4 is 20.3 Å². The molecule has 35 heavy (non-hydrogen) atoms. The number of nitrogens with zero attached hydrogens (tertiary/aromatic N) is 4. The quantitative estimate of drug-likeness (QED) is 0.328. The topological polar surface area (TPSA) is 108 Å². The van der Waals surface area contributed by atoms with E-state index in [0.717, 1.165) is 43.6 Å². The number of benzene rings is 2. The second kappa shape index (κ2) is 9.63. The monoisotopic (exact) mass is 479 g/mol. The van der Waals surface area contributed by atoms with Crippen molar-refractivity contribution in [2.75, 3.05) is 36.4 Å². The fourth-order valence-electron chi connectivity index (χ4n) is 4.13. The van der Waals surface area contributed by atoms with E-state index in [2.05, 4.69) is 35.7 Å². The molecule has 0 aliphatic carbocycles. The molecule has 5 rings (SSSR count). The van der Waals surface area contributed by atoms with Crippen LogP contribution in [-0.2, 0) is 6.54 Å². The molecule has 4 aromatic rings. The standard InChI is InChI=1S/C24H23F2N7O2/c1-14-10-17-21(26)20(11-19(25)22(17)31-14)35-24-18(12-30-34)23(28-13-29-24)32-15-2-4-16(5-3-15)33-8-6-27-7-9-33/h2-5,10-11,13,27,31H,6-9,12H2,1H3,(H,28,29,32). The molecule has 180 valence electrons. The number of aromatic nitrogens is 3. The molecule has 0 spiro atoms. The Balaban J connectivity index is 1.43. The average Bonchev–Trinajstić information content (AvgIpc) is 3.28. The number of nitroso groups, excluding NO2 is 1. The number of fused-ring (bicyclic) bond motifs is 1. The summed E-state index contributed by atoms with van der Waals surface area (Å²) >= 11 is 0. The summed E-state index contributed by atoms with van der Waals surface area (Å²) in [7, 11) is 0. The Hall–Kier alpha value is -4.12. The molecule has 9 nitrogen and oxygen atoms in total. The van der Waals surface area contributed by atoms with Crippen molar-refractivity contribution in [1.82, 2.24) is 20.3 Å². The number of H-pyrrole nitrogens is 1. The first-order valence-corrected chi connectivity index (χ1v) is 11.1. The third kappa shape index (κ3) is 4.62. The van der Waals surface area contributed by atoms with Crippen LogP contribution in [0.3, 0.4) is 0 Å². The van der Waals surface area contributed by atoms with E-state index in [9.17, 15) is 9.30 Å². The number of hydrogen-bond donors (Lipinski definition) is 3. The molecular formula is C24H23F2N7O2. The van der Waals surface area contributed by atoms with Crippen molar-refractivity contribution in [1.29, 1.82) is 0 Å². The smallest absolute Gasteiger partial charge is 0.229 e. The normalized spacial score (nSPS) is 13.7. The highest BCUT2D eigenvalue weighted by molar-refractivity contribution is 5.83. The van der Waals surface area contributed by atoms with Gasteiger partial charge in [0.05, 0.1) is 11.1 Å². The molecule has 2 aromatic carbocycles. The van der Waals surface area contributed by atoms with Gasteiger partial charge in [0, 0.05) is 54.7 Å². The Morgan fingerprint density at radius 1 is 1.14 bits per heavy atom. The van der Waals surface area contributed by atoms with Crippen LogP contribution in [-0.4, -0.2) is 41.1 Å². The molecular weight excluding hydrogens is 456 g/mol. The molecule has 0 amide bonds. The number of rotatable bonds is 7. The number of aryl methyl sites for hydroxylation is 1. The molecule has 0 unspecified atom stereocenters. The Kier molecular flexibility index (Phi) is 6.23. The van der Waals surface area contributed by atoms with E-state index in [1.165, 1.54) is 12.4 Å². The van der Waals surface area contributed by atoms with Crippen molar-refractivity contribution in [2.45, 2.75) is 13.5 Å². The van der Waals surface area contributed by atoms with Gasteiger partial charge in [-0.25, -0.2) is 18.7 Å². The highest BCUT2D eigenvalue weighted by Gasteiger charge is 2.20. The van der Waals surface area contributed by atoms with E-state index in [1.54, 1.807) is 6.92 Å². The molecule has 1 aliphatic rings. The molecule has 1 saturated heterocycles. The molecule has 1 aliphatic heterocycles. The molecule has 0 radical (unpaired) electrons. The van der Waals surface area contributed by atoms with Crippen LogP contribution >= 0.6 is 0 Å². The third-order valence-electron chi connectivity index (χ3n) is 5.85. The number of anilines is 3. The van der Waals surface area contributed by atoms with Gasteiger partial charge in [0.2, 0.25) is 5.88 Å². The predicted molar refractivity (Wildman–Crippen MR) is 129 cm³/mol. The van der Waals surface area contributed by atoms with Gasteiger partial charge < -0.3 is 25.3 Å². The second-order valence-corrected chi connectivity index (χ2v) is 8.22. The highest BCUT2D eigenvalue weighted by atomic mass is 19.1. The minimum absolute atomic E-state index is 0.0523. The largest absolute Gasteiger partial charge is 0.435 e. The molecule has 3 heterocycles. The zero-order valence-corrected chi connectivity index (χ0v) is 18.9. The predicted octanol–water partition coefficient (Wildman–Crippen LogP) is 4.76. The summed E-state index contributed by atoms with van der Waals surface area (Å²) in [6.07, 6.45) is 1.22. The number of halogens is 2. The summed E-state index contributed by atoms with van der Waals surface area (Å²) in [6.45, 7) is 5.11. The summed E-state index contributed by atoms with van der Waals surface area (Å²) in [5, 5.41) is 9.47. The van der Waals surface area contributed by atoms with Gasteiger partial charge >= 0.3 is 0 Å². The van der Waals surface area contributed by atoms with Crippen LogP contribution in [0.5, 0.6) is 11.6 Å². The average molecular weight is 479 g/mol. The highest BCUT2D eigenvalue weighted by Crippen LogP contribution is 2.35. The fourth-order valence-corrected chi connectivity index (χ4v) is 4.13. The van der Waals surface area contributed by atoms with E-state index >= 15 is 4.39 Å². The lowest BCUT2D eigenvalue weighted by atomic mass is 10.2. The Labute approximate surface area is 199 Å². The second-order valence-electron chi connectivity index (χ2n) is 8.22. The van der Waals surface area contributed by atoms with Crippen LogP contribution in [0.15, 0.2) is 47.9 Å². The van der Waals surface area contributed by atoms with Crippen LogP contribution in [0.2, 0.25) is 0 Å². The lowest BCUT2D eigenvalue weighted by molar-refractivity contribution is 0.421. The maximum absolute atomic E-state index is 15.0. The van der Waals surface area contributed by atoms with Crippen LogP contribution in [0.25, 0.3) is 10.9 Å². The minimum Gasteiger partial charge on any atom is -0.435 e. The number of piperazine rings is 1. The lowest BCUT2D eigenvalue weighted by Crippen LogP contribution is -2.43. The summed E-state index contributed by atoms with van der Waals surface area (Å²) in [4.78, 5) is 24.5. The van der Waals surface area contributed by atoms with Gasteiger partial charge in [-0.15, -0.1) is 0 Å². The van der Waals surface area contributed by atoms with Gasteiger partial charge in [-0.1, -0.05) is 5.18 Å². The van der Waals surface area contributed by atoms with E-state index in [-0.39, 0.29) is 40.5 Å². The van der Waals surface area contributed by atoms with Crippen molar-refractivity contribution in [2.24, 2.45) is 5.18 Å². The van der Waals surface area contributed by atoms with Gasteiger partial charge in [0.1, 0.15) is 18.7 Å². The van der Waals surface area contributed by atoms with Gasteiger partial charge in [-0.3, -0.25) is 0 Å². The maximum Gasteiger partial charge on any atom is 0.229 e. The molecule has 0 saturated carbocycles. The summed E-state index contributed by atoms with van der Waals surface area (Å²) in [5.74, 6) is -1.58. The lowest BCUT2D eigenvalue weighted by Gasteiger charge is -2.29. The van der Waals surface area contributed by atoms with Gasteiger partial charge in [0.25, 0.3) is 0 Å². The fraction of sp³-hybridized carbons (Fsp3) is 0.250. The number of nitrogens with one attached hydrogen (secondary N) is 3. The first kappa shape index (κ1) is 22.7. The minimum atomic E-state index is -0.743. The maximum atomic E-state index is 15.0. The molecule has 0 atom stereocenters. The zero-order valence-electron chi connectivity index (χ0n) is 18.9. The van der Waals surface area contributed by atoms with Crippen molar-refractivity contribution in [3.8, 4) is 11.6 Å². The number of aromatic amines is 1. The van der Waals surface area contributed by atoms with Gasteiger partial charge in [0.15, 0.2) is 17.4 Å². The SMILES string of the molecule is Cc1cc2c(F)c(Oc3ncnc(Nc4ccc(N5CCNCC5)cc4)c3CN=O)cc(F)c2[nH]1. The Bertz CT molecular complexity index is 1370. The first-order valence-electron chi connectivity index (χ1n) is 11.1. The van der Waals surface area contributed by atoms with E-state index in [0.29, 0.717) is 5.69 Å². The molecule has 0 bridgehead atoms. The summed E-state index contributed by atoms with van der Waals surface area (Å²) in [5.41, 5.74) is 2.71. The van der Waals surface area contributed by atoms with Crippen LogP contribution in [0.1, 0.15) is 11.3 Å². The molecule has 1 fully saturated rings. The van der Waals surface area contributed by atoms with Crippen molar-refractivity contribution >= 4 is 28.1 Å². The third-order valence-corrected chi connectivity index (χ3v) is 5.85. The summed E-state index contributed by atoms with van der Waals surface area (Å²) < 4.78 is 35.2. The number of ether oxygens (including phenoxy) is 1. The van der Waals surface area contributed by atoms with Gasteiger partial charge in [-0.05, 0) is 37.3 Å². The zero-order chi connectivity index (χ0) is 24.4. The molecule has 2 aromatic heterocycles. The number of hydrogen-bond acceptors (Lipinski definition) is 8. The van der Waals surface area contributed by atoms with Crippen molar-refractivity contribution in [3.05, 3.63) is 70.5 Å². The van der Waals surface area contributed by atoms with Crippen LogP contribution in [0, 0.1) is 23.5 Å². The van der Waals surface area contributed by atoms with Crippen LogP contribution in [0.4, 0.5) is 26.0 Å². The molecule has 3 N–H and O–H groups in total. The Morgan fingerprint density at radius 2 is 1.91 bits per heavy atom.